The number of amidine groups is 1. The van der Waals surface area contributed by atoms with E-state index in [0.29, 0.717) is 15.9 Å². The quantitative estimate of drug-likeness (QED) is 0.375. The van der Waals surface area contributed by atoms with Gasteiger partial charge in [0.2, 0.25) is 5.71 Å². The number of hydrogen-bond donors (Lipinski definition) is 2. The molecule has 2 heterocycles. The molecule has 0 spiro atoms. The molecule has 0 unspecified atom stereocenters. The second-order valence-corrected chi connectivity index (χ2v) is 5.91. The van der Waals surface area contributed by atoms with E-state index in [1.165, 1.54) is 11.8 Å². The van der Waals surface area contributed by atoms with Gasteiger partial charge >= 0.3 is 5.97 Å². The fourth-order valence-corrected chi connectivity index (χ4v) is 3.25. The van der Waals surface area contributed by atoms with E-state index in [4.69, 9.17) is 16.3 Å². The molecule has 7 nitrogen and oxygen atoms in total. The van der Waals surface area contributed by atoms with Crippen LogP contribution in [0.5, 0.6) is 0 Å². The van der Waals surface area contributed by atoms with Gasteiger partial charge in [0, 0.05) is 10.4 Å². The number of ether oxygens (including phenoxy) is 1. The topological polar surface area (TPSA) is 86.5 Å². The van der Waals surface area contributed by atoms with E-state index in [-0.39, 0.29) is 18.5 Å². The number of nitrogens with zero attached hydrogens (tertiary/aromatic N) is 3. The summed E-state index contributed by atoms with van der Waals surface area (Å²) in [4.78, 5) is 13.7. The van der Waals surface area contributed by atoms with Gasteiger partial charge in [-0.3, -0.25) is 10.3 Å². The fraction of sp³-hybridized carbons (Fsp3) is 0.214. The number of oxime groups is 1. The molecule has 0 bridgehead atoms. The number of fused-ring (bicyclic) bond motifs is 1. The zero-order valence-electron chi connectivity index (χ0n) is 12.1. The summed E-state index contributed by atoms with van der Waals surface area (Å²) in [5.74, 6) is -0.690. The van der Waals surface area contributed by atoms with Crippen molar-refractivity contribution in [2.24, 2.45) is 10.3 Å². The molecular formula is C14H13ClN4O3S. The van der Waals surface area contributed by atoms with Crippen LogP contribution in [0.3, 0.4) is 0 Å². The predicted molar refractivity (Wildman–Crippen MR) is 88.1 cm³/mol. The molecule has 2 aliphatic rings. The number of hydrazone groups is 1. The van der Waals surface area contributed by atoms with Crippen LogP contribution in [0.2, 0.25) is 5.02 Å². The first-order valence-electron chi connectivity index (χ1n) is 6.80. The average Bonchev–Trinajstić information content (AvgIpc) is 3.12. The largest absolute Gasteiger partial charge is 0.461 e. The minimum absolute atomic E-state index is 0.160. The smallest absolute Gasteiger partial charge is 0.362 e. The Morgan fingerprint density at radius 3 is 2.91 bits per heavy atom. The summed E-state index contributed by atoms with van der Waals surface area (Å²) >= 11 is 7.24. The van der Waals surface area contributed by atoms with E-state index in [1.54, 1.807) is 29.4 Å². The first-order chi connectivity index (χ1) is 11.2. The van der Waals surface area contributed by atoms with E-state index in [1.807, 2.05) is 12.1 Å². The minimum atomic E-state index is -0.690. The lowest BCUT2D eigenvalue weighted by atomic mass is 10.1. The van der Waals surface area contributed by atoms with E-state index in [0.717, 1.165) is 5.56 Å². The van der Waals surface area contributed by atoms with Crippen LogP contribution >= 0.6 is 23.4 Å². The van der Waals surface area contributed by atoms with Gasteiger partial charge in [-0.05, 0) is 24.6 Å². The summed E-state index contributed by atoms with van der Waals surface area (Å²) in [5, 5.41) is 19.6. The Hall–Kier alpha value is -2.19. The first-order valence-corrected chi connectivity index (χ1v) is 8.05. The third kappa shape index (κ3) is 2.87. The molecule has 0 amide bonds. The predicted octanol–water partition coefficient (Wildman–Crippen LogP) is 2.50. The number of thioether (sulfide) groups is 1. The van der Waals surface area contributed by atoms with Crippen molar-refractivity contribution < 1.29 is 14.7 Å². The maximum atomic E-state index is 12.0. The maximum absolute atomic E-state index is 12.0. The zero-order valence-corrected chi connectivity index (χ0v) is 13.6. The van der Waals surface area contributed by atoms with Gasteiger partial charge in [0.05, 0.1) is 12.3 Å². The number of carbonyl (C=O) groups excluding carboxylic acids is 1. The summed E-state index contributed by atoms with van der Waals surface area (Å²) in [6, 6.07) is 7.27. The standard InChI is InChI=1S/C14H13ClN4O3S/c1-2-22-13(20)11(18-21)10-7-23-14-17-16-12(19(10)14)8-3-5-9(15)6-4-8/h3-7,12,16,21H,2H2,1H3/b18-11-/t12-/m0/s1. The molecule has 0 saturated heterocycles. The number of rotatable bonds is 4. The van der Waals surface area contributed by atoms with Gasteiger partial charge in [-0.1, -0.05) is 40.7 Å². The van der Waals surface area contributed by atoms with Crippen molar-refractivity contribution in [1.29, 1.82) is 0 Å². The van der Waals surface area contributed by atoms with E-state index >= 15 is 0 Å². The maximum Gasteiger partial charge on any atom is 0.362 e. The molecule has 0 fully saturated rings. The van der Waals surface area contributed by atoms with Crippen LogP contribution in [0.15, 0.2) is 45.6 Å². The van der Waals surface area contributed by atoms with Gasteiger partial charge in [0.1, 0.15) is 6.17 Å². The van der Waals surface area contributed by atoms with E-state index < -0.39 is 5.97 Å². The second kappa shape index (κ2) is 6.51. The molecule has 3 rings (SSSR count). The number of nitrogens with one attached hydrogen (secondary N) is 1. The number of hydrogen-bond acceptors (Lipinski definition) is 8. The van der Waals surface area contributed by atoms with Crippen LogP contribution in [0.25, 0.3) is 0 Å². The number of esters is 1. The van der Waals surface area contributed by atoms with E-state index in [9.17, 15) is 10.0 Å². The summed E-state index contributed by atoms with van der Waals surface area (Å²) < 4.78 is 4.93. The Balaban J connectivity index is 1.90. The number of carbonyl (C=O) groups is 1. The Labute approximate surface area is 141 Å². The molecule has 2 N–H and O–H groups in total. The highest BCUT2D eigenvalue weighted by Gasteiger charge is 2.40. The first kappa shape index (κ1) is 15.7. The van der Waals surface area contributed by atoms with Crippen LogP contribution in [0.1, 0.15) is 18.7 Å². The van der Waals surface area contributed by atoms with Crippen molar-refractivity contribution in [1.82, 2.24) is 10.3 Å². The van der Waals surface area contributed by atoms with Crippen LogP contribution < -0.4 is 5.43 Å². The molecule has 0 aliphatic carbocycles. The highest BCUT2D eigenvalue weighted by molar-refractivity contribution is 8.16. The van der Waals surface area contributed by atoms with Crippen molar-refractivity contribution >= 4 is 40.2 Å². The molecule has 1 aromatic rings. The molecule has 0 radical (unpaired) electrons. The lowest BCUT2D eigenvalue weighted by Crippen LogP contribution is -2.35. The zero-order chi connectivity index (χ0) is 16.4. The van der Waals surface area contributed by atoms with Gasteiger partial charge in [0.25, 0.3) is 0 Å². The Bertz CT molecular complexity index is 717. The van der Waals surface area contributed by atoms with E-state index in [2.05, 4.69) is 15.7 Å². The van der Waals surface area contributed by atoms with Gasteiger partial charge in [-0.25, -0.2) is 4.79 Å². The molecule has 120 valence electrons. The molecule has 0 saturated carbocycles. The van der Waals surface area contributed by atoms with Crippen LogP contribution in [0.4, 0.5) is 0 Å². The monoisotopic (exact) mass is 352 g/mol. The van der Waals surface area contributed by atoms with Gasteiger partial charge in [-0.15, -0.1) is 0 Å². The highest BCUT2D eigenvalue weighted by atomic mass is 35.5. The van der Waals surface area contributed by atoms with Gasteiger partial charge in [-0.2, -0.15) is 5.10 Å². The molecule has 9 heteroatoms. The van der Waals surface area contributed by atoms with Crippen LogP contribution in [0, 0.1) is 0 Å². The van der Waals surface area contributed by atoms with Gasteiger partial charge in [0.15, 0.2) is 5.17 Å². The Morgan fingerprint density at radius 2 is 2.26 bits per heavy atom. The minimum Gasteiger partial charge on any atom is -0.461 e. The van der Waals surface area contributed by atoms with Crippen molar-refractivity contribution in [3.8, 4) is 0 Å². The summed E-state index contributed by atoms with van der Waals surface area (Å²) in [6.07, 6.45) is -0.324. The van der Waals surface area contributed by atoms with Crippen molar-refractivity contribution in [3.63, 3.8) is 0 Å². The van der Waals surface area contributed by atoms with Crippen molar-refractivity contribution in [2.75, 3.05) is 6.61 Å². The molecular weight excluding hydrogens is 340 g/mol. The van der Waals surface area contributed by atoms with Gasteiger partial charge < -0.3 is 9.94 Å². The third-order valence-corrected chi connectivity index (χ3v) is 4.37. The average molecular weight is 353 g/mol. The number of halogens is 1. The Kier molecular flexibility index (Phi) is 4.44. The summed E-state index contributed by atoms with van der Waals surface area (Å²) in [6.45, 7) is 1.88. The van der Waals surface area contributed by atoms with Crippen molar-refractivity contribution in [3.05, 3.63) is 46.0 Å². The fourth-order valence-electron chi connectivity index (χ4n) is 2.26. The molecule has 1 atom stereocenters. The molecule has 2 aliphatic heterocycles. The second-order valence-electron chi connectivity index (χ2n) is 4.64. The lowest BCUT2D eigenvalue weighted by Gasteiger charge is -2.25. The normalized spacial score (nSPS) is 19.8. The third-order valence-electron chi connectivity index (χ3n) is 3.28. The summed E-state index contributed by atoms with van der Waals surface area (Å²) in [5.41, 5.74) is 4.17. The highest BCUT2D eigenvalue weighted by Crippen LogP contribution is 2.38. The van der Waals surface area contributed by atoms with Crippen LogP contribution in [-0.4, -0.2) is 33.6 Å². The molecule has 23 heavy (non-hydrogen) atoms. The summed E-state index contributed by atoms with van der Waals surface area (Å²) in [7, 11) is 0. The molecule has 0 aromatic heterocycles. The van der Waals surface area contributed by atoms with Crippen LogP contribution in [-0.2, 0) is 9.53 Å². The molecule has 1 aromatic carbocycles. The lowest BCUT2D eigenvalue weighted by molar-refractivity contribution is -0.135. The Morgan fingerprint density at radius 1 is 1.52 bits per heavy atom. The number of benzene rings is 1. The SMILES string of the molecule is CCOC(=O)/C(=N\O)C1=CSC2=NN[C@H](c3ccc(Cl)cc3)N12. The van der Waals surface area contributed by atoms with Crippen molar-refractivity contribution in [2.45, 2.75) is 13.1 Å².